The number of halogens is 6. The zero-order valence-electron chi connectivity index (χ0n) is 13.8. The number of nitrogens with zero attached hydrogens (tertiary/aromatic N) is 2. The normalized spacial score (nSPS) is 10.1. The fourth-order valence-electron chi connectivity index (χ4n) is 1.33. The number of alkyl halides is 6. The first-order valence-electron chi connectivity index (χ1n) is 7.19. The Morgan fingerprint density at radius 2 is 1.58 bits per heavy atom. The van der Waals surface area contributed by atoms with Gasteiger partial charge in [-0.2, -0.15) is 13.2 Å². The van der Waals surface area contributed by atoms with E-state index >= 15 is 0 Å². The molecule has 2 aromatic heterocycles. The van der Waals surface area contributed by atoms with Crippen molar-refractivity contribution < 1.29 is 23.0 Å². The Labute approximate surface area is 175 Å². The molecule has 2 aromatic rings. The molecule has 0 amide bonds. The molecule has 0 fully saturated rings. The van der Waals surface area contributed by atoms with Crippen molar-refractivity contribution in [2.45, 2.75) is 13.1 Å². The van der Waals surface area contributed by atoms with Crippen molar-refractivity contribution in [3.05, 3.63) is 48.0 Å². The standard InChI is InChI=1S/C8H7BrF3NO.C6H7NO.C2H4Br2/c9-2-4-14-7-5-13-3-1-6(7)8(10,11)12;1-5-2-3-7-4-6(5)8;3-1-2-4/h1,3,5H,2,4H2;2-4,8H,1H3;1-2H2. The molecule has 2 heterocycles. The van der Waals surface area contributed by atoms with E-state index in [-0.39, 0.29) is 18.1 Å². The Morgan fingerprint density at radius 3 is 2.00 bits per heavy atom. The largest absolute Gasteiger partial charge is 0.506 e. The number of hydrogen-bond donors (Lipinski definition) is 1. The van der Waals surface area contributed by atoms with E-state index in [2.05, 4.69) is 57.8 Å². The van der Waals surface area contributed by atoms with Crippen molar-refractivity contribution >= 4 is 47.8 Å². The van der Waals surface area contributed by atoms with E-state index in [1.807, 2.05) is 6.92 Å². The number of aromatic nitrogens is 2. The van der Waals surface area contributed by atoms with Gasteiger partial charge in [-0.1, -0.05) is 47.8 Å². The number of ether oxygens (including phenoxy) is 1. The fourth-order valence-corrected chi connectivity index (χ4v) is 1.50. The minimum Gasteiger partial charge on any atom is -0.506 e. The van der Waals surface area contributed by atoms with Crippen LogP contribution >= 0.6 is 47.8 Å². The third kappa shape index (κ3) is 11.0. The monoisotopic (exact) mass is 564 g/mol. The van der Waals surface area contributed by atoms with Gasteiger partial charge in [-0.3, -0.25) is 9.97 Å². The summed E-state index contributed by atoms with van der Waals surface area (Å²) in [5.41, 5.74) is 0.0634. The smallest absolute Gasteiger partial charge is 0.420 e. The average molecular weight is 567 g/mol. The van der Waals surface area contributed by atoms with Crippen molar-refractivity contribution in [2.75, 3.05) is 22.6 Å². The highest BCUT2D eigenvalue weighted by Gasteiger charge is 2.34. The number of rotatable bonds is 4. The van der Waals surface area contributed by atoms with E-state index in [0.29, 0.717) is 5.33 Å². The molecule has 26 heavy (non-hydrogen) atoms. The summed E-state index contributed by atoms with van der Waals surface area (Å²) in [5.74, 6) is 0.0203. The summed E-state index contributed by atoms with van der Waals surface area (Å²) in [5, 5.41) is 11.4. The Bertz CT molecular complexity index is 609. The fraction of sp³-hybridized carbons (Fsp3) is 0.375. The van der Waals surface area contributed by atoms with Crippen LogP contribution in [0.4, 0.5) is 13.2 Å². The van der Waals surface area contributed by atoms with Crippen molar-refractivity contribution in [1.29, 1.82) is 0 Å². The Balaban J connectivity index is 0.000000437. The Kier molecular flexibility index (Phi) is 13.7. The molecular weight excluding hydrogens is 549 g/mol. The quantitative estimate of drug-likeness (QED) is 0.479. The molecule has 0 atom stereocenters. The maximum atomic E-state index is 12.4. The first-order valence-corrected chi connectivity index (χ1v) is 10.6. The lowest BCUT2D eigenvalue weighted by Gasteiger charge is -2.11. The molecule has 1 N–H and O–H groups in total. The lowest BCUT2D eigenvalue weighted by molar-refractivity contribution is -0.139. The summed E-state index contributed by atoms with van der Waals surface area (Å²) < 4.78 is 42.0. The zero-order chi connectivity index (χ0) is 20.0. The highest BCUT2D eigenvalue weighted by molar-refractivity contribution is 9.12. The van der Waals surface area contributed by atoms with Crippen LogP contribution in [0.2, 0.25) is 0 Å². The third-order valence-corrected chi connectivity index (χ3v) is 4.69. The van der Waals surface area contributed by atoms with E-state index in [9.17, 15) is 13.2 Å². The maximum absolute atomic E-state index is 12.4. The molecule has 146 valence electrons. The van der Waals surface area contributed by atoms with E-state index < -0.39 is 11.7 Å². The summed E-state index contributed by atoms with van der Waals surface area (Å²) >= 11 is 9.46. The SMILES string of the molecule is BrCCBr.Cc1ccncc1O.FC(F)(F)c1ccncc1OCCBr. The number of aryl methyl sites for hydroxylation is 1. The number of pyridine rings is 2. The molecule has 0 bridgehead atoms. The van der Waals surface area contributed by atoms with Crippen LogP contribution in [0.1, 0.15) is 11.1 Å². The van der Waals surface area contributed by atoms with Crippen LogP contribution in [0, 0.1) is 6.92 Å². The van der Waals surface area contributed by atoms with E-state index in [1.54, 1.807) is 12.3 Å². The molecule has 0 aliphatic carbocycles. The van der Waals surface area contributed by atoms with Crippen molar-refractivity contribution in [2.24, 2.45) is 0 Å². The van der Waals surface area contributed by atoms with Gasteiger partial charge in [0.2, 0.25) is 0 Å². The van der Waals surface area contributed by atoms with Crippen LogP contribution in [-0.4, -0.2) is 37.7 Å². The average Bonchev–Trinajstić information content (AvgIpc) is 2.62. The molecule has 0 aliphatic heterocycles. The molecule has 0 aliphatic rings. The summed E-state index contributed by atoms with van der Waals surface area (Å²) in [6, 6.07) is 2.65. The van der Waals surface area contributed by atoms with Gasteiger partial charge in [0.25, 0.3) is 0 Å². The predicted molar refractivity (Wildman–Crippen MR) is 107 cm³/mol. The van der Waals surface area contributed by atoms with Gasteiger partial charge in [0, 0.05) is 28.4 Å². The summed E-state index contributed by atoms with van der Waals surface area (Å²) in [6.45, 7) is 2.01. The Morgan fingerprint density at radius 1 is 1.00 bits per heavy atom. The number of aromatic hydroxyl groups is 1. The molecule has 0 unspecified atom stereocenters. The first-order chi connectivity index (χ1) is 12.3. The summed E-state index contributed by atoms with van der Waals surface area (Å²) in [4.78, 5) is 7.27. The van der Waals surface area contributed by atoms with Crippen LogP contribution in [0.5, 0.6) is 11.5 Å². The van der Waals surface area contributed by atoms with Crippen LogP contribution < -0.4 is 4.74 Å². The lowest BCUT2D eigenvalue weighted by atomic mass is 10.2. The topological polar surface area (TPSA) is 55.2 Å². The second kappa shape index (κ2) is 14.2. The molecule has 0 saturated heterocycles. The highest BCUT2D eigenvalue weighted by Crippen LogP contribution is 2.35. The first kappa shape index (κ1) is 25.1. The van der Waals surface area contributed by atoms with Gasteiger partial charge in [-0.05, 0) is 24.6 Å². The van der Waals surface area contributed by atoms with E-state index in [1.165, 1.54) is 6.20 Å². The van der Waals surface area contributed by atoms with Crippen molar-refractivity contribution in [3.63, 3.8) is 0 Å². The van der Waals surface area contributed by atoms with Gasteiger partial charge in [0.15, 0.2) is 0 Å². The van der Waals surface area contributed by atoms with Crippen molar-refractivity contribution in [3.8, 4) is 11.5 Å². The third-order valence-electron chi connectivity index (χ3n) is 2.51. The highest BCUT2D eigenvalue weighted by atomic mass is 79.9. The zero-order valence-corrected chi connectivity index (χ0v) is 18.6. The van der Waals surface area contributed by atoms with E-state index in [4.69, 9.17) is 9.84 Å². The van der Waals surface area contributed by atoms with Gasteiger partial charge in [0.1, 0.15) is 17.1 Å². The summed E-state index contributed by atoms with van der Waals surface area (Å²) in [6.07, 6.45) is 0.824. The molecule has 0 radical (unpaired) electrons. The molecule has 0 spiro atoms. The van der Waals surface area contributed by atoms with Crippen molar-refractivity contribution in [1.82, 2.24) is 9.97 Å². The van der Waals surface area contributed by atoms with Crippen LogP contribution in [0.3, 0.4) is 0 Å². The number of hydrogen-bond acceptors (Lipinski definition) is 4. The van der Waals surface area contributed by atoms with E-state index in [0.717, 1.165) is 34.7 Å². The van der Waals surface area contributed by atoms with Crippen LogP contribution in [0.25, 0.3) is 0 Å². The summed E-state index contributed by atoms with van der Waals surface area (Å²) in [7, 11) is 0. The minimum atomic E-state index is -4.40. The van der Waals surface area contributed by atoms with Gasteiger partial charge < -0.3 is 9.84 Å². The lowest BCUT2D eigenvalue weighted by Crippen LogP contribution is -2.09. The van der Waals surface area contributed by atoms with Gasteiger partial charge in [-0.25, -0.2) is 0 Å². The van der Waals surface area contributed by atoms with Gasteiger partial charge in [-0.15, -0.1) is 0 Å². The predicted octanol–water partition coefficient (Wildman–Crippen LogP) is 5.75. The minimum absolute atomic E-state index is 0.175. The molecule has 10 heteroatoms. The molecule has 4 nitrogen and oxygen atoms in total. The molecular formula is C16H18Br3F3N2O2. The van der Waals surface area contributed by atoms with Gasteiger partial charge in [0.05, 0.1) is 19.0 Å². The van der Waals surface area contributed by atoms with Gasteiger partial charge >= 0.3 is 6.18 Å². The second-order valence-electron chi connectivity index (χ2n) is 4.45. The Hall–Kier alpha value is -0.870. The van der Waals surface area contributed by atoms with Crippen LogP contribution in [-0.2, 0) is 6.18 Å². The molecule has 0 aromatic carbocycles. The second-order valence-corrected chi connectivity index (χ2v) is 6.83. The molecule has 2 rings (SSSR count). The van der Waals surface area contributed by atoms with Crippen LogP contribution in [0.15, 0.2) is 36.9 Å². The molecule has 0 saturated carbocycles. The maximum Gasteiger partial charge on any atom is 0.420 e.